The third-order valence-electron chi connectivity index (χ3n) is 6.02. The van der Waals surface area contributed by atoms with Crippen molar-refractivity contribution < 1.29 is 9.72 Å². The number of rotatable bonds is 4. The number of nitrogens with one attached hydrogen (secondary N) is 1. The van der Waals surface area contributed by atoms with Crippen molar-refractivity contribution in [3.05, 3.63) is 22.0 Å². The summed E-state index contributed by atoms with van der Waals surface area (Å²) in [5.41, 5.74) is -0.344. The first-order valence-electron chi connectivity index (χ1n) is 8.92. The Morgan fingerprint density at radius 3 is 2.29 bits per heavy atom. The van der Waals surface area contributed by atoms with Gasteiger partial charge >= 0.3 is 5.69 Å². The summed E-state index contributed by atoms with van der Waals surface area (Å²) in [6.45, 7) is 3.67. The van der Waals surface area contributed by atoms with Crippen molar-refractivity contribution in [2.45, 2.75) is 64.0 Å². The number of carbonyl (C=O) groups excluding carboxylic acids is 1. The SMILES string of the molecule is CC(C)NC(=O)c1nn(C23CC4CC(CC(C4)C2)C3)cc1[N+](=O)[O-]. The highest BCUT2D eigenvalue weighted by atomic mass is 16.6. The van der Waals surface area contributed by atoms with Gasteiger partial charge in [-0.25, -0.2) is 0 Å². The summed E-state index contributed by atoms with van der Waals surface area (Å²) in [7, 11) is 0. The largest absolute Gasteiger partial charge is 0.348 e. The van der Waals surface area contributed by atoms with Crippen LogP contribution in [0, 0.1) is 27.9 Å². The molecule has 4 aliphatic rings. The quantitative estimate of drug-likeness (QED) is 0.678. The Bertz CT molecular complexity index is 659. The van der Waals surface area contributed by atoms with Crippen molar-refractivity contribution in [3.63, 3.8) is 0 Å². The first-order valence-corrected chi connectivity index (χ1v) is 8.92. The Morgan fingerprint density at radius 1 is 1.29 bits per heavy atom. The Labute approximate surface area is 140 Å². The molecule has 1 aromatic rings. The minimum Gasteiger partial charge on any atom is -0.348 e. The molecule has 1 heterocycles. The first kappa shape index (κ1) is 15.6. The molecule has 1 amide bonds. The number of hydrogen-bond acceptors (Lipinski definition) is 4. The van der Waals surface area contributed by atoms with Crippen LogP contribution in [0.3, 0.4) is 0 Å². The first-order chi connectivity index (χ1) is 11.4. The van der Waals surface area contributed by atoms with Crippen LogP contribution in [0.4, 0.5) is 5.69 Å². The summed E-state index contributed by atoms with van der Waals surface area (Å²) >= 11 is 0. The van der Waals surface area contributed by atoms with Gasteiger partial charge in [-0.15, -0.1) is 0 Å². The van der Waals surface area contributed by atoms with Crippen molar-refractivity contribution in [3.8, 4) is 0 Å². The van der Waals surface area contributed by atoms with E-state index in [1.165, 1.54) is 25.5 Å². The van der Waals surface area contributed by atoms with Gasteiger partial charge in [-0.3, -0.25) is 19.6 Å². The van der Waals surface area contributed by atoms with E-state index in [0.717, 1.165) is 19.3 Å². The second kappa shape index (κ2) is 5.29. The zero-order valence-corrected chi connectivity index (χ0v) is 14.2. The molecule has 0 spiro atoms. The number of nitrogens with zero attached hydrogens (tertiary/aromatic N) is 3. The van der Waals surface area contributed by atoms with Crippen LogP contribution >= 0.6 is 0 Å². The number of nitro groups is 1. The molecule has 0 atom stereocenters. The summed E-state index contributed by atoms with van der Waals surface area (Å²) in [6, 6.07) is -0.0817. The summed E-state index contributed by atoms with van der Waals surface area (Å²) in [6.07, 6.45) is 8.52. The van der Waals surface area contributed by atoms with Crippen LogP contribution in [0.1, 0.15) is 62.9 Å². The predicted octanol–water partition coefficient (Wildman–Crippen LogP) is 2.85. The van der Waals surface area contributed by atoms with Crippen molar-refractivity contribution in [2.75, 3.05) is 0 Å². The number of carbonyl (C=O) groups is 1. The Morgan fingerprint density at radius 2 is 1.83 bits per heavy atom. The Balaban J connectivity index is 1.71. The van der Waals surface area contributed by atoms with E-state index in [1.54, 1.807) is 4.68 Å². The molecule has 0 aliphatic heterocycles. The van der Waals surface area contributed by atoms with E-state index in [-0.39, 0.29) is 23.0 Å². The van der Waals surface area contributed by atoms with E-state index in [1.807, 2.05) is 13.8 Å². The molecule has 1 aromatic heterocycles. The highest BCUT2D eigenvalue weighted by Crippen LogP contribution is 2.58. The molecule has 1 N–H and O–H groups in total. The van der Waals surface area contributed by atoms with E-state index in [0.29, 0.717) is 17.8 Å². The molecule has 4 aliphatic carbocycles. The molecule has 5 rings (SSSR count). The van der Waals surface area contributed by atoms with Gasteiger partial charge in [-0.1, -0.05) is 0 Å². The molecule has 0 aromatic carbocycles. The summed E-state index contributed by atoms with van der Waals surface area (Å²) in [4.78, 5) is 23.3. The molecular weight excluding hydrogens is 308 g/mol. The van der Waals surface area contributed by atoms with Crippen LogP contribution in [0.15, 0.2) is 6.20 Å². The fraction of sp³-hybridized carbons (Fsp3) is 0.765. The molecule has 4 bridgehead atoms. The van der Waals surface area contributed by atoms with Gasteiger partial charge in [-0.2, -0.15) is 5.10 Å². The summed E-state index contributed by atoms with van der Waals surface area (Å²) < 4.78 is 1.78. The zero-order chi connectivity index (χ0) is 17.1. The van der Waals surface area contributed by atoms with Crippen molar-refractivity contribution in [1.29, 1.82) is 0 Å². The van der Waals surface area contributed by atoms with Crippen LogP contribution < -0.4 is 5.32 Å². The number of hydrogen-bond donors (Lipinski definition) is 1. The molecule has 0 saturated heterocycles. The fourth-order valence-electron chi connectivity index (χ4n) is 5.58. The average Bonchev–Trinajstić information content (AvgIpc) is 2.91. The van der Waals surface area contributed by atoms with Crippen molar-refractivity contribution in [2.24, 2.45) is 17.8 Å². The van der Waals surface area contributed by atoms with Gasteiger partial charge in [0.15, 0.2) is 0 Å². The summed E-state index contributed by atoms with van der Waals surface area (Å²) in [5.74, 6) is 1.69. The standard InChI is InChI=1S/C17H24N4O3/c1-10(2)18-16(22)15-14(21(23)24)9-20(19-15)17-6-11-3-12(7-17)5-13(4-11)8-17/h9-13H,3-8H2,1-2H3,(H,18,22). The van der Waals surface area contributed by atoms with Gasteiger partial charge in [0.1, 0.15) is 6.20 Å². The molecule has 24 heavy (non-hydrogen) atoms. The molecular formula is C17H24N4O3. The highest BCUT2D eigenvalue weighted by molar-refractivity contribution is 5.96. The maximum absolute atomic E-state index is 12.3. The number of amides is 1. The minimum absolute atomic E-state index is 0.0514. The maximum Gasteiger partial charge on any atom is 0.320 e. The molecule has 0 radical (unpaired) electrons. The number of aromatic nitrogens is 2. The summed E-state index contributed by atoms with van der Waals surface area (Å²) in [5, 5.41) is 18.6. The zero-order valence-electron chi connectivity index (χ0n) is 14.2. The smallest absolute Gasteiger partial charge is 0.320 e. The van der Waals surface area contributed by atoms with E-state index >= 15 is 0 Å². The maximum atomic E-state index is 12.3. The van der Waals surface area contributed by atoms with E-state index in [4.69, 9.17) is 0 Å². The third kappa shape index (κ3) is 2.41. The molecule has 4 fully saturated rings. The lowest BCUT2D eigenvalue weighted by Crippen LogP contribution is -2.52. The highest BCUT2D eigenvalue weighted by Gasteiger charge is 2.53. The third-order valence-corrected chi connectivity index (χ3v) is 6.02. The lowest BCUT2D eigenvalue weighted by Gasteiger charge is -2.56. The van der Waals surface area contributed by atoms with E-state index in [9.17, 15) is 14.9 Å². The van der Waals surface area contributed by atoms with Crippen molar-refractivity contribution in [1.82, 2.24) is 15.1 Å². The van der Waals surface area contributed by atoms with Crippen LogP contribution in [0.2, 0.25) is 0 Å². The molecule has 4 saturated carbocycles. The minimum atomic E-state index is -0.487. The van der Waals surface area contributed by atoms with Gasteiger partial charge < -0.3 is 5.32 Å². The van der Waals surface area contributed by atoms with E-state index < -0.39 is 10.8 Å². The van der Waals surface area contributed by atoms with E-state index in [2.05, 4.69) is 10.4 Å². The lowest BCUT2D eigenvalue weighted by atomic mass is 9.53. The molecule has 7 heteroatoms. The van der Waals surface area contributed by atoms with Gasteiger partial charge in [0.25, 0.3) is 5.91 Å². The van der Waals surface area contributed by atoms with Gasteiger partial charge in [-0.05, 0) is 70.1 Å². The molecule has 130 valence electrons. The van der Waals surface area contributed by atoms with Crippen molar-refractivity contribution >= 4 is 11.6 Å². The second-order valence-corrected chi connectivity index (χ2v) is 8.33. The van der Waals surface area contributed by atoms with Crippen LogP contribution in [-0.4, -0.2) is 26.7 Å². The van der Waals surface area contributed by atoms with Gasteiger partial charge in [0, 0.05) is 6.04 Å². The van der Waals surface area contributed by atoms with Crippen LogP contribution in [0.5, 0.6) is 0 Å². The fourth-order valence-corrected chi connectivity index (χ4v) is 5.58. The van der Waals surface area contributed by atoms with Crippen LogP contribution in [-0.2, 0) is 5.54 Å². The molecule has 7 nitrogen and oxygen atoms in total. The average molecular weight is 332 g/mol. The Hall–Kier alpha value is -1.92. The topological polar surface area (TPSA) is 90.1 Å². The Kier molecular flexibility index (Phi) is 3.44. The van der Waals surface area contributed by atoms with Gasteiger partial charge in [0.2, 0.25) is 5.69 Å². The predicted molar refractivity (Wildman–Crippen MR) is 87.6 cm³/mol. The second-order valence-electron chi connectivity index (χ2n) is 8.33. The monoisotopic (exact) mass is 332 g/mol. The molecule has 0 unspecified atom stereocenters. The van der Waals surface area contributed by atoms with Crippen LogP contribution in [0.25, 0.3) is 0 Å². The normalized spacial score (nSPS) is 33.9. The van der Waals surface area contributed by atoms with Gasteiger partial charge in [0.05, 0.1) is 10.5 Å². The lowest BCUT2D eigenvalue weighted by molar-refractivity contribution is -0.385.